The summed E-state index contributed by atoms with van der Waals surface area (Å²) in [6.07, 6.45) is 7.62. The van der Waals surface area contributed by atoms with Crippen molar-refractivity contribution >= 4 is 23.2 Å². The second kappa shape index (κ2) is 8.17. The number of hydrogen-bond donors (Lipinski definition) is 1. The average molecular weight is 308 g/mol. The van der Waals surface area contributed by atoms with Crippen LogP contribution in [-0.4, -0.2) is 36.3 Å². The van der Waals surface area contributed by atoms with Crippen LogP contribution in [0.15, 0.2) is 16.8 Å². The molecule has 1 aliphatic rings. The minimum atomic E-state index is -0.0961. The lowest BCUT2D eigenvalue weighted by Gasteiger charge is -2.27. The summed E-state index contributed by atoms with van der Waals surface area (Å²) in [7, 11) is 1.90. The van der Waals surface area contributed by atoms with Gasteiger partial charge in [0, 0.05) is 37.0 Å². The van der Waals surface area contributed by atoms with Gasteiger partial charge in [-0.05, 0) is 24.3 Å². The number of rotatable bonds is 5. The van der Waals surface area contributed by atoms with Crippen LogP contribution in [0.25, 0.3) is 0 Å². The van der Waals surface area contributed by atoms with Gasteiger partial charge < -0.3 is 10.2 Å². The van der Waals surface area contributed by atoms with Crippen LogP contribution < -0.4 is 5.32 Å². The molecule has 0 aromatic carbocycles. The van der Waals surface area contributed by atoms with Gasteiger partial charge in [-0.1, -0.05) is 25.7 Å². The van der Waals surface area contributed by atoms with E-state index in [4.69, 9.17) is 0 Å². The number of nitrogens with zero attached hydrogens (tertiary/aromatic N) is 1. The normalized spacial score (nSPS) is 16.2. The molecule has 1 fully saturated rings. The minimum Gasteiger partial charge on any atom is -0.351 e. The lowest BCUT2D eigenvalue weighted by molar-refractivity contribution is -0.132. The number of amides is 2. The largest absolute Gasteiger partial charge is 0.351 e. The monoisotopic (exact) mass is 308 g/mol. The van der Waals surface area contributed by atoms with Crippen molar-refractivity contribution in [2.24, 2.45) is 0 Å². The van der Waals surface area contributed by atoms with Crippen LogP contribution in [0.1, 0.15) is 55.3 Å². The zero-order valence-electron chi connectivity index (χ0n) is 12.6. The maximum Gasteiger partial charge on any atom is 0.252 e. The average Bonchev–Trinajstić information content (AvgIpc) is 2.89. The molecule has 1 aromatic heterocycles. The fraction of sp³-hybridized carbons (Fsp3) is 0.625. The van der Waals surface area contributed by atoms with Gasteiger partial charge in [0.15, 0.2) is 0 Å². The Balaban J connectivity index is 1.72. The van der Waals surface area contributed by atoms with Crippen molar-refractivity contribution in [3.05, 3.63) is 22.4 Å². The number of hydrogen-bond acceptors (Lipinski definition) is 3. The fourth-order valence-electron chi connectivity index (χ4n) is 2.80. The highest BCUT2D eigenvalue weighted by Crippen LogP contribution is 2.21. The Morgan fingerprint density at radius 3 is 2.62 bits per heavy atom. The highest BCUT2D eigenvalue weighted by atomic mass is 32.1. The summed E-state index contributed by atoms with van der Waals surface area (Å²) in [4.78, 5) is 25.9. The van der Waals surface area contributed by atoms with Gasteiger partial charge in [-0.3, -0.25) is 9.59 Å². The molecule has 1 aromatic rings. The Hall–Kier alpha value is -1.36. The van der Waals surface area contributed by atoms with Crippen LogP contribution >= 0.6 is 11.3 Å². The number of thiophene rings is 1. The molecule has 2 rings (SSSR count). The third-order valence-electron chi connectivity index (χ3n) is 4.17. The molecule has 0 radical (unpaired) electrons. The summed E-state index contributed by atoms with van der Waals surface area (Å²) in [5, 5.41) is 6.50. The summed E-state index contributed by atoms with van der Waals surface area (Å²) in [5.41, 5.74) is 0.671. The van der Waals surface area contributed by atoms with E-state index in [-0.39, 0.29) is 11.8 Å². The second-order valence-electron chi connectivity index (χ2n) is 5.67. The Bertz CT molecular complexity index is 451. The van der Waals surface area contributed by atoms with Crippen molar-refractivity contribution in [1.82, 2.24) is 10.2 Å². The Morgan fingerprint density at radius 2 is 2.00 bits per heavy atom. The molecule has 1 saturated carbocycles. The maximum atomic E-state index is 12.2. The van der Waals surface area contributed by atoms with Crippen LogP contribution in [0.5, 0.6) is 0 Å². The fourth-order valence-corrected chi connectivity index (χ4v) is 3.44. The van der Waals surface area contributed by atoms with Crippen molar-refractivity contribution in [2.45, 2.75) is 51.0 Å². The second-order valence-corrected chi connectivity index (χ2v) is 6.45. The molecule has 2 amide bonds. The maximum absolute atomic E-state index is 12.2. The van der Waals surface area contributed by atoms with Gasteiger partial charge in [0.05, 0.1) is 0 Å². The van der Waals surface area contributed by atoms with Crippen molar-refractivity contribution in [3.63, 3.8) is 0 Å². The Labute approximate surface area is 130 Å². The first-order valence-corrected chi connectivity index (χ1v) is 8.69. The van der Waals surface area contributed by atoms with Crippen LogP contribution in [0.3, 0.4) is 0 Å². The third kappa shape index (κ3) is 4.84. The van der Waals surface area contributed by atoms with Crippen LogP contribution in [0.2, 0.25) is 0 Å². The van der Waals surface area contributed by atoms with Gasteiger partial charge >= 0.3 is 0 Å². The third-order valence-corrected chi connectivity index (χ3v) is 4.86. The van der Waals surface area contributed by atoms with Gasteiger partial charge in [0.25, 0.3) is 5.91 Å². The van der Waals surface area contributed by atoms with Crippen molar-refractivity contribution in [2.75, 3.05) is 13.6 Å². The van der Waals surface area contributed by atoms with Crippen LogP contribution in [0.4, 0.5) is 0 Å². The predicted molar refractivity (Wildman–Crippen MR) is 85.5 cm³/mol. The molecule has 4 nitrogen and oxygen atoms in total. The zero-order valence-corrected chi connectivity index (χ0v) is 13.5. The number of nitrogens with one attached hydrogen (secondary N) is 1. The van der Waals surface area contributed by atoms with Crippen molar-refractivity contribution in [3.8, 4) is 0 Å². The smallest absolute Gasteiger partial charge is 0.252 e. The van der Waals surface area contributed by atoms with E-state index in [1.54, 1.807) is 6.07 Å². The van der Waals surface area contributed by atoms with E-state index in [0.717, 1.165) is 12.8 Å². The zero-order chi connectivity index (χ0) is 15.1. The summed E-state index contributed by atoms with van der Waals surface area (Å²) in [6, 6.07) is 2.17. The van der Waals surface area contributed by atoms with Gasteiger partial charge in [0.2, 0.25) is 5.91 Å². The molecular weight excluding hydrogens is 284 g/mol. The molecule has 0 atom stereocenters. The van der Waals surface area contributed by atoms with Gasteiger partial charge in [-0.25, -0.2) is 0 Å². The van der Waals surface area contributed by atoms with E-state index in [2.05, 4.69) is 5.32 Å². The van der Waals surface area contributed by atoms with E-state index in [9.17, 15) is 9.59 Å². The van der Waals surface area contributed by atoms with Crippen LogP contribution in [-0.2, 0) is 4.79 Å². The van der Waals surface area contributed by atoms with Gasteiger partial charge in [-0.2, -0.15) is 11.3 Å². The molecule has 1 heterocycles. The number of carbonyl (C=O) groups excluding carboxylic acids is 2. The standard InChI is InChI=1S/C16H24N2O2S/c1-18(14-6-4-2-3-5-7-14)15(19)8-10-17-16(20)13-9-11-21-12-13/h9,11-12,14H,2-8,10H2,1H3,(H,17,20). The molecule has 0 bridgehead atoms. The summed E-state index contributed by atoms with van der Waals surface area (Å²) in [6.45, 7) is 0.407. The van der Waals surface area contributed by atoms with E-state index in [0.29, 0.717) is 24.6 Å². The first-order valence-electron chi connectivity index (χ1n) is 7.74. The molecule has 1 N–H and O–H groups in total. The first kappa shape index (κ1) is 16.0. The summed E-state index contributed by atoms with van der Waals surface area (Å²) in [5.74, 6) is 0.0358. The molecule has 0 saturated heterocycles. The summed E-state index contributed by atoms with van der Waals surface area (Å²) < 4.78 is 0. The molecule has 116 valence electrons. The van der Waals surface area contributed by atoms with Gasteiger partial charge in [0.1, 0.15) is 0 Å². The summed E-state index contributed by atoms with van der Waals surface area (Å²) >= 11 is 1.50. The molecule has 0 aliphatic heterocycles. The Kier molecular flexibility index (Phi) is 6.23. The molecule has 0 unspecified atom stereocenters. The quantitative estimate of drug-likeness (QED) is 0.850. The van der Waals surface area contributed by atoms with Gasteiger partial charge in [-0.15, -0.1) is 0 Å². The highest BCUT2D eigenvalue weighted by Gasteiger charge is 2.20. The molecule has 21 heavy (non-hydrogen) atoms. The van der Waals surface area contributed by atoms with E-state index < -0.39 is 0 Å². The first-order chi connectivity index (χ1) is 10.2. The van der Waals surface area contributed by atoms with Crippen molar-refractivity contribution < 1.29 is 9.59 Å². The lowest BCUT2D eigenvalue weighted by Crippen LogP contribution is -2.38. The minimum absolute atomic E-state index is 0.0961. The molecule has 5 heteroatoms. The van der Waals surface area contributed by atoms with E-state index >= 15 is 0 Å². The highest BCUT2D eigenvalue weighted by molar-refractivity contribution is 7.08. The molecule has 1 aliphatic carbocycles. The topological polar surface area (TPSA) is 49.4 Å². The lowest BCUT2D eigenvalue weighted by atomic mass is 10.1. The predicted octanol–water partition coefficient (Wildman–Crippen LogP) is 3.05. The molecule has 0 spiro atoms. The Morgan fingerprint density at radius 1 is 1.29 bits per heavy atom. The van der Waals surface area contributed by atoms with Crippen molar-refractivity contribution in [1.29, 1.82) is 0 Å². The number of carbonyl (C=O) groups is 2. The molecular formula is C16H24N2O2S. The van der Waals surface area contributed by atoms with Crippen LogP contribution in [0, 0.1) is 0 Å². The van der Waals surface area contributed by atoms with E-state index in [1.807, 2.05) is 22.7 Å². The SMILES string of the molecule is CN(C(=O)CCNC(=O)c1ccsc1)C1CCCCCC1. The van der Waals surface area contributed by atoms with E-state index in [1.165, 1.54) is 37.0 Å².